The van der Waals surface area contributed by atoms with Crippen molar-refractivity contribution in [3.05, 3.63) is 23.8 Å². The van der Waals surface area contributed by atoms with Crippen molar-refractivity contribution < 1.29 is 19.5 Å². The lowest BCUT2D eigenvalue weighted by atomic mass is 9.39. The number of nitrogens with one attached hydrogen (secondary N) is 1. The maximum Gasteiger partial charge on any atom is 0.290 e. The lowest BCUT2D eigenvalue weighted by Crippen LogP contribution is -2.60. The molecule has 4 saturated carbocycles. The van der Waals surface area contributed by atoms with E-state index in [9.17, 15) is 0 Å². The standard InChI is InChI=1S/C31H51NO2.C4H8.CH2O2/c1-20(2)21(3)26(4)15-16-29(7)22-9-10-24-28(6)19-33-30(14-12-25(28)34-32-8)18-31(24,30)23(22)11-13-27(29,5)17-26;1-4(2)3;2-1-3/h11,20-22,24-25,32H,9-10,12-19H2,1-8H3;1H2,2-3H3;1H,(H,2,3)/t21-,22?,24?,25?,26+,27+,28+,29?,30?,31?;;/m1../s1. The minimum Gasteiger partial charge on any atom is -0.483 e. The maximum atomic E-state index is 8.36. The Morgan fingerprint density at radius 1 is 1.10 bits per heavy atom. The predicted molar refractivity (Wildman–Crippen MR) is 167 cm³/mol. The zero-order valence-corrected chi connectivity index (χ0v) is 28.0. The summed E-state index contributed by atoms with van der Waals surface area (Å²) in [7, 11) is 1.93. The molecule has 0 aromatic heterocycles. The molecule has 7 aliphatic rings. The number of ether oxygens (including phenoxy) is 1. The van der Waals surface area contributed by atoms with E-state index in [1.165, 1.54) is 56.9 Å². The molecule has 2 spiro atoms. The van der Waals surface area contributed by atoms with Crippen molar-refractivity contribution in [2.75, 3.05) is 13.7 Å². The Balaban J connectivity index is 0.000000502. The van der Waals surface area contributed by atoms with E-state index < -0.39 is 0 Å². The monoisotopic (exact) mass is 571 g/mol. The van der Waals surface area contributed by atoms with Crippen molar-refractivity contribution in [2.24, 2.45) is 50.7 Å². The molecule has 0 radical (unpaired) electrons. The van der Waals surface area contributed by atoms with Crippen molar-refractivity contribution >= 4 is 6.47 Å². The number of carboxylic acid groups (broad SMARTS) is 1. The molecule has 6 fully saturated rings. The molecule has 0 amide bonds. The van der Waals surface area contributed by atoms with E-state index in [1.54, 1.807) is 0 Å². The van der Waals surface area contributed by atoms with Gasteiger partial charge in [-0.25, -0.2) is 5.48 Å². The molecule has 10 atom stereocenters. The molecule has 41 heavy (non-hydrogen) atoms. The number of carbonyl (C=O) groups is 1. The van der Waals surface area contributed by atoms with E-state index >= 15 is 0 Å². The normalized spacial score (nSPS) is 47.8. The van der Waals surface area contributed by atoms with E-state index in [2.05, 4.69) is 66.6 Å². The van der Waals surface area contributed by atoms with E-state index in [4.69, 9.17) is 19.5 Å². The van der Waals surface area contributed by atoms with Gasteiger partial charge < -0.3 is 9.84 Å². The minimum absolute atomic E-state index is 0.104. The van der Waals surface area contributed by atoms with Gasteiger partial charge in [-0.2, -0.15) is 0 Å². The first-order chi connectivity index (χ1) is 19.1. The number of hydroxylamine groups is 1. The van der Waals surface area contributed by atoms with Crippen LogP contribution in [0.2, 0.25) is 0 Å². The van der Waals surface area contributed by atoms with Crippen LogP contribution in [0.15, 0.2) is 23.8 Å². The third kappa shape index (κ3) is 4.79. The van der Waals surface area contributed by atoms with E-state index in [0.29, 0.717) is 27.6 Å². The summed E-state index contributed by atoms with van der Waals surface area (Å²) in [5.74, 6) is 3.01. The zero-order valence-electron chi connectivity index (χ0n) is 28.0. The quantitative estimate of drug-likeness (QED) is 0.201. The summed E-state index contributed by atoms with van der Waals surface area (Å²) in [4.78, 5) is 14.5. The second-order valence-electron chi connectivity index (χ2n) is 16.5. The van der Waals surface area contributed by atoms with Crippen LogP contribution in [0.1, 0.15) is 120 Å². The summed E-state index contributed by atoms with van der Waals surface area (Å²) in [5, 5.41) is 6.89. The zero-order chi connectivity index (χ0) is 30.6. The number of hydrogen-bond donors (Lipinski definition) is 2. The van der Waals surface area contributed by atoms with Crippen LogP contribution in [-0.2, 0) is 14.4 Å². The lowest BCUT2D eigenvalue weighted by molar-refractivity contribution is -0.185. The Labute approximate surface area is 251 Å². The molecule has 5 heteroatoms. The van der Waals surface area contributed by atoms with E-state index in [-0.39, 0.29) is 23.6 Å². The minimum atomic E-state index is -0.250. The molecule has 234 valence electrons. The van der Waals surface area contributed by atoms with Gasteiger partial charge in [0.25, 0.3) is 6.47 Å². The second-order valence-corrected chi connectivity index (χ2v) is 16.5. The molecule has 5 nitrogen and oxygen atoms in total. The van der Waals surface area contributed by atoms with Gasteiger partial charge in [-0.1, -0.05) is 65.7 Å². The van der Waals surface area contributed by atoms with Gasteiger partial charge in [0.05, 0.1) is 18.3 Å². The molecule has 0 aromatic carbocycles. The Morgan fingerprint density at radius 2 is 1.73 bits per heavy atom. The van der Waals surface area contributed by atoms with Crippen LogP contribution < -0.4 is 5.48 Å². The fourth-order valence-electron chi connectivity index (χ4n) is 11.1. The molecule has 2 heterocycles. The summed E-state index contributed by atoms with van der Waals surface area (Å²) >= 11 is 0. The average molecular weight is 572 g/mol. The van der Waals surface area contributed by atoms with Crippen LogP contribution in [-0.4, -0.2) is 36.9 Å². The first-order valence-electron chi connectivity index (χ1n) is 16.4. The third-order valence-corrected chi connectivity index (χ3v) is 13.8. The Kier molecular flexibility index (Phi) is 8.84. The third-order valence-electron chi connectivity index (χ3n) is 13.8. The first kappa shape index (κ1) is 32.7. The van der Waals surface area contributed by atoms with Gasteiger partial charge in [0.1, 0.15) is 0 Å². The summed E-state index contributed by atoms with van der Waals surface area (Å²) in [6.07, 6.45) is 14.8. The van der Waals surface area contributed by atoms with Crippen LogP contribution in [0.4, 0.5) is 0 Å². The molecular formula is C36H61NO4. The highest BCUT2D eigenvalue weighted by Crippen LogP contribution is 2.83. The van der Waals surface area contributed by atoms with Gasteiger partial charge in [-0.15, -0.1) is 6.58 Å². The summed E-state index contributed by atoms with van der Waals surface area (Å²) in [5.41, 5.74) is 7.89. The molecular weight excluding hydrogens is 510 g/mol. The fraction of sp³-hybridized carbons (Fsp3) is 0.861. The topological polar surface area (TPSA) is 67.8 Å². The van der Waals surface area contributed by atoms with E-state index in [1.807, 2.05) is 26.5 Å². The second kappa shape index (κ2) is 11.1. The largest absolute Gasteiger partial charge is 0.483 e. The molecule has 6 unspecified atom stereocenters. The van der Waals surface area contributed by atoms with Crippen molar-refractivity contribution in [3.8, 4) is 0 Å². The molecule has 7 rings (SSSR count). The highest BCUT2D eigenvalue weighted by Gasteiger charge is 2.82. The molecule has 2 N–H and O–H groups in total. The molecule has 2 aliphatic heterocycles. The highest BCUT2D eigenvalue weighted by atomic mass is 16.7. The number of rotatable bonds is 4. The summed E-state index contributed by atoms with van der Waals surface area (Å²) in [6.45, 7) is 26.0. The Morgan fingerprint density at radius 3 is 2.32 bits per heavy atom. The average Bonchev–Trinajstić information content (AvgIpc) is 3.59. The van der Waals surface area contributed by atoms with Gasteiger partial charge >= 0.3 is 0 Å². The summed E-state index contributed by atoms with van der Waals surface area (Å²) in [6, 6.07) is 0. The fourth-order valence-corrected chi connectivity index (χ4v) is 11.1. The molecule has 5 aliphatic carbocycles. The van der Waals surface area contributed by atoms with Gasteiger partial charge in [-0.05, 0) is 112 Å². The summed E-state index contributed by atoms with van der Waals surface area (Å²) < 4.78 is 6.89. The van der Waals surface area contributed by atoms with Crippen molar-refractivity contribution in [1.29, 1.82) is 0 Å². The van der Waals surface area contributed by atoms with Crippen LogP contribution in [0.5, 0.6) is 0 Å². The highest BCUT2D eigenvalue weighted by molar-refractivity contribution is 5.45. The van der Waals surface area contributed by atoms with Crippen LogP contribution in [0, 0.1) is 50.7 Å². The maximum absolute atomic E-state index is 8.36. The van der Waals surface area contributed by atoms with Crippen molar-refractivity contribution in [1.82, 2.24) is 5.48 Å². The number of fused-ring (bicyclic) bond motifs is 6. The van der Waals surface area contributed by atoms with Crippen LogP contribution in [0.3, 0.4) is 0 Å². The van der Waals surface area contributed by atoms with Crippen molar-refractivity contribution in [3.63, 3.8) is 0 Å². The Bertz CT molecular complexity index is 1030. The predicted octanol–water partition coefficient (Wildman–Crippen LogP) is 8.60. The first-order valence-corrected chi connectivity index (χ1v) is 16.4. The lowest BCUT2D eigenvalue weighted by Gasteiger charge is -2.66. The SMILES string of the molecule is C=C(C)C.CNOC1CCC23CC24C2=CC[C@@]5(C)C[C@@](C)([C@H](C)C(C)C)CCC5(C)C2CCC4[C@]1(C)CO3.O=CO. The van der Waals surface area contributed by atoms with Gasteiger partial charge in [0, 0.05) is 17.9 Å². The van der Waals surface area contributed by atoms with Gasteiger partial charge in [0.15, 0.2) is 0 Å². The van der Waals surface area contributed by atoms with Crippen LogP contribution in [0.25, 0.3) is 0 Å². The molecule has 2 bridgehead atoms. The molecule has 2 saturated heterocycles. The number of allylic oxidation sites excluding steroid dienone is 2. The number of hydrogen-bond acceptors (Lipinski definition) is 4. The molecule has 0 aromatic rings. The smallest absolute Gasteiger partial charge is 0.290 e. The van der Waals surface area contributed by atoms with Gasteiger partial charge in [-0.3, -0.25) is 9.63 Å². The van der Waals surface area contributed by atoms with Crippen molar-refractivity contribution in [2.45, 2.75) is 132 Å². The Hall–Kier alpha value is -1.17. The van der Waals surface area contributed by atoms with Gasteiger partial charge in [0.2, 0.25) is 0 Å². The van der Waals surface area contributed by atoms with Crippen LogP contribution >= 0.6 is 0 Å². The van der Waals surface area contributed by atoms with E-state index in [0.717, 1.165) is 30.8 Å².